The number of hydrogen-bond acceptors (Lipinski definition) is 3. The molecule has 3 aromatic rings. The molecule has 1 fully saturated rings. The monoisotopic (exact) mass is 280 g/mol. The number of fused-ring (bicyclic) bond motifs is 3. The molecule has 2 N–H and O–H groups in total. The molecule has 0 unspecified atom stereocenters. The molecule has 0 radical (unpaired) electrons. The van der Waals surface area contributed by atoms with Crippen molar-refractivity contribution < 1.29 is 0 Å². The average Bonchev–Trinajstić information content (AvgIpc) is 2.92. The Morgan fingerprint density at radius 1 is 1.05 bits per heavy atom. The molecule has 1 saturated heterocycles. The van der Waals surface area contributed by atoms with E-state index in [1.54, 1.807) is 0 Å². The molecular formula is C17H20N4. The van der Waals surface area contributed by atoms with Crippen LogP contribution in [0.2, 0.25) is 0 Å². The van der Waals surface area contributed by atoms with Crippen LogP contribution in [0, 0.1) is 0 Å². The van der Waals surface area contributed by atoms with E-state index >= 15 is 0 Å². The largest absolute Gasteiger partial charge is 0.353 e. The molecule has 0 atom stereocenters. The highest BCUT2D eigenvalue weighted by molar-refractivity contribution is 6.06. The number of aromatic nitrogens is 2. The van der Waals surface area contributed by atoms with E-state index in [-0.39, 0.29) is 0 Å². The van der Waals surface area contributed by atoms with Gasteiger partial charge in [-0.25, -0.2) is 0 Å². The lowest BCUT2D eigenvalue weighted by molar-refractivity contribution is 0.244. The van der Waals surface area contributed by atoms with Crippen molar-refractivity contribution in [1.29, 1.82) is 0 Å². The third-order valence-corrected chi connectivity index (χ3v) is 4.39. The van der Waals surface area contributed by atoms with Gasteiger partial charge in [0.15, 0.2) is 0 Å². The van der Waals surface area contributed by atoms with Gasteiger partial charge in [-0.1, -0.05) is 6.07 Å². The second-order valence-electron chi connectivity index (χ2n) is 5.77. The smallest absolute Gasteiger partial charge is 0.0651 e. The van der Waals surface area contributed by atoms with Crippen molar-refractivity contribution in [3.05, 3.63) is 42.2 Å². The zero-order valence-corrected chi connectivity index (χ0v) is 12.1. The van der Waals surface area contributed by atoms with Gasteiger partial charge in [0.25, 0.3) is 0 Å². The van der Waals surface area contributed by atoms with Crippen molar-refractivity contribution >= 4 is 21.8 Å². The number of pyridine rings is 1. The van der Waals surface area contributed by atoms with Crippen LogP contribution in [0.25, 0.3) is 21.8 Å². The van der Waals surface area contributed by atoms with Gasteiger partial charge in [0.05, 0.1) is 11.7 Å². The number of piperazine rings is 1. The molecule has 4 heteroatoms. The van der Waals surface area contributed by atoms with E-state index in [0.717, 1.165) is 31.6 Å². The van der Waals surface area contributed by atoms with Crippen LogP contribution in [0.3, 0.4) is 0 Å². The van der Waals surface area contributed by atoms with Gasteiger partial charge >= 0.3 is 0 Å². The molecule has 0 amide bonds. The van der Waals surface area contributed by atoms with E-state index in [1.807, 2.05) is 12.4 Å². The molecule has 0 aliphatic carbocycles. The number of hydrogen-bond donors (Lipinski definition) is 2. The molecule has 3 heterocycles. The van der Waals surface area contributed by atoms with Gasteiger partial charge in [0.1, 0.15) is 0 Å². The van der Waals surface area contributed by atoms with Crippen LogP contribution in [-0.4, -0.2) is 47.6 Å². The number of benzene rings is 1. The Balaban J connectivity index is 1.59. The van der Waals surface area contributed by atoms with E-state index in [4.69, 9.17) is 0 Å². The first kappa shape index (κ1) is 12.8. The van der Waals surface area contributed by atoms with Crippen LogP contribution in [0.5, 0.6) is 0 Å². The lowest BCUT2D eigenvalue weighted by Crippen LogP contribution is -2.44. The summed E-state index contributed by atoms with van der Waals surface area (Å²) in [7, 11) is 0. The van der Waals surface area contributed by atoms with E-state index in [1.165, 1.54) is 34.9 Å². The normalized spacial score (nSPS) is 16.8. The van der Waals surface area contributed by atoms with E-state index in [2.05, 4.69) is 44.5 Å². The molecule has 2 aromatic heterocycles. The fourth-order valence-corrected chi connectivity index (χ4v) is 3.17. The molecular weight excluding hydrogens is 260 g/mol. The Morgan fingerprint density at radius 3 is 2.86 bits per heavy atom. The van der Waals surface area contributed by atoms with Crippen molar-refractivity contribution in [1.82, 2.24) is 20.2 Å². The topological polar surface area (TPSA) is 44.0 Å². The van der Waals surface area contributed by atoms with E-state index in [0.29, 0.717) is 0 Å². The first-order valence-corrected chi connectivity index (χ1v) is 7.67. The second-order valence-corrected chi connectivity index (χ2v) is 5.77. The van der Waals surface area contributed by atoms with Crippen LogP contribution in [0.1, 0.15) is 5.56 Å². The number of nitrogens with zero attached hydrogens (tertiary/aromatic N) is 2. The maximum absolute atomic E-state index is 4.18. The number of aromatic amines is 1. The maximum Gasteiger partial charge on any atom is 0.0651 e. The molecule has 0 spiro atoms. The van der Waals surface area contributed by atoms with Crippen LogP contribution < -0.4 is 5.32 Å². The quantitative estimate of drug-likeness (QED) is 0.773. The molecule has 1 aromatic carbocycles. The first-order valence-electron chi connectivity index (χ1n) is 7.67. The fourth-order valence-electron chi connectivity index (χ4n) is 3.17. The molecule has 0 bridgehead atoms. The Bertz CT molecular complexity index is 756. The fraction of sp³-hybridized carbons (Fsp3) is 0.353. The van der Waals surface area contributed by atoms with E-state index < -0.39 is 0 Å². The van der Waals surface area contributed by atoms with Gasteiger partial charge < -0.3 is 15.2 Å². The SMILES string of the molecule is c1cc2c(cn1)[nH]c1ccc(CCN3CCNCC3)cc12. The second kappa shape index (κ2) is 5.47. The van der Waals surface area contributed by atoms with Crippen molar-refractivity contribution in [3.63, 3.8) is 0 Å². The minimum absolute atomic E-state index is 1.12. The van der Waals surface area contributed by atoms with Gasteiger partial charge in [-0.2, -0.15) is 0 Å². The lowest BCUT2D eigenvalue weighted by atomic mass is 10.1. The van der Waals surface area contributed by atoms with Gasteiger partial charge in [-0.15, -0.1) is 0 Å². The zero-order valence-electron chi connectivity index (χ0n) is 12.1. The van der Waals surface area contributed by atoms with Crippen LogP contribution in [0.4, 0.5) is 0 Å². The molecule has 4 nitrogen and oxygen atoms in total. The summed E-state index contributed by atoms with van der Waals surface area (Å²) >= 11 is 0. The first-order chi connectivity index (χ1) is 10.4. The highest BCUT2D eigenvalue weighted by Crippen LogP contribution is 2.25. The summed E-state index contributed by atoms with van der Waals surface area (Å²) < 4.78 is 0. The van der Waals surface area contributed by atoms with Gasteiger partial charge in [-0.3, -0.25) is 4.98 Å². The van der Waals surface area contributed by atoms with Crippen LogP contribution in [0.15, 0.2) is 36.7 Å². The van der Waals surface area contributed by atoms with Gasteiger partial charge in [0, 0.05) is 55.2 Å². The molecule has 108 valence electrons. The molecule has 1 aliphatic heterocycles. The lowest BCUT2D eigenvalue weighted by Gasteiger charge is -2.27. The Morgan fingerprint density at radius 2 is 1.95 bits per heavy atom. The Kier molecular flexibility index (Phi) is 3.33. The predicted octanol–water partition coefficient (Wildman–Crippen LogP) is 2.16. The third kappa shape index (κ3) is 2.52. The highest BCUT2D eigenvalue weighted by Gasteiger charge is 2.10. The van der Waals surface area contributed by atoms with Crippen LogP contribution in [-0.2, 0) is 6.42 Å². The maximum atomic E-state index is 4.18. The predicted molar refractivity (Wildman–Crippen MR) is 86.6 cm³/mol. The van der Waals surface area contributed by atoms with Crippen molar-refractivity contribution in [2.45, 2.75) is 6.42 Å². The zero-order chi connectivity index (χ0) is 14.1. The van der Waals surface area contributed by atoms with Gasteiger partial charge in [0.2, 0.25) is 0 Å². The summed E-state index contributed by atoms with van der Waals surface area (Å²) in [5.74, 6) is 0. The van der Waals surface area contributed by atoms with Crippen molar-refractivity contribution in [2.24, 2.45) is 0 Å². The minimum Gasteiger partial charge on any atom is -0.353 e. The summed E-state index contributed by atoms with van der Waals surface area (Å²) in [5, 5.41) is 5.98. The third-order valence-electron chi connectivity index (χ3n) is 4.39. The van der Waals surface area contributed by atoms with Gasteiger partial charge in [-0.05, 0) is 30.2 Å². The molecule has 4 rings (SSSR count). The standard InChI is InChI=1S/C17H20N4/c1-2-16-15(14-3-5-19-12-17(14)20-16)11-13(1)4-8-21-9-6-18-7-10-21/h1-3,5,11-12,18,20H,4,6-10H2. The molecule has 21 heavy (non-hydrogen) atoms. The Labute approximate surface area is 124 Å². The summed E-state index contributed by atoms with van der Waals surface area (Å²) in [4.78, 5) is 10.2. The molecule has 1 aliphatic rings. The van der Waals surface area contributed by atoms with Crippen LogP contribution >= 0.6 is 0 Å². The number of H-pyrrole nitrogens is 1. The summed E-state index contributed by atoms with van der Waals surface area (Å²) in [5.41, 5.74) is 3.73. The van der Waals surface area contributed by atoms with Crippen molar-refractivity contribution in [2.75, 3.05) is 32.7 Å². The van der Waals surface area contributed by atoms with E-state index in [9.17, 15) is 0 Å². The summed E-state index contributed by atoms with van der Waals surface area (Å²) in [6.45, 7) is 5.72. The highest BCUT2D eigenvalue weighted by atomic mass is 15.2. The van der Waals surface area contributed by atoms with Crippen molar-refractivity contribution in [3.8, 4) is 0 Å². The Hall–Kier alpha value is -1.91. The summed E-state index contributed by atoms with van der Waals surface area (Å²) in [6, 6.07) is 8.86. The molecule has 0 saturated carbocycles. The number of nitrogens with one attached hydrogen (secondary N) is 2. The summed E-state index contributed by atoms with van der Waals surface area (Å²) in [6.07, 6.45) is 4.88. The number of rotatable bonds is 3. The average molecular weight is 280 g/mol. The minimum atomic E-state index is 1.12.